The van der Waals surface area contributed by atoms with Crippen LogP contribution in [0.1, 0.15) is 24.0 Å². The molecule has 108 valence electrons. The monoisotopic (exact) mass is 310 g/mol. The number of aryl methyl sites for hydroxylation is 2. The van der Waals surface area contributed by atoms with Crippen LogP contribution in [-0.4, -0.2) is 21.3 Å². The van der Waals surface area contributed by atoms with Gasteiger partial charge >= 0.3 is 21.7 Å². The van der Waals surface area contributed by atoms with E-state index in [1.54, 1.807) is 11.1 Å². The van der Waals surface area contributed by atoms with Gasteiger partial charge in [0.25, 0.3) is 0 Å². The van der Waals surface area contributed by atoms with Crippen molar-refractivity contribution in [2.75, 3.05) is 21.3 Å². The summed E-state index contributed by atoms with van der Waals surface area (Å²) in [4.78, 5) is 0. The maximum atomic E-state index is 8.25. The Bertz CT molecular complexity index is 452. The fourth-order valence-corrected chi connectivity index (χ4v) is 2.48. The van der Waals surface area contributed by atoms with Crippen LogP contribution in [0, 0.1) is 0 Å². The summed E-state index contributed by atoms with van der Waals surface area (Å²) >= 11 is 0. The van der Waals surface area contributed by atoms with E-state index in [1.165, 1.54) is 36.5 Å². The van der Waals surface area contributed by atoms with E-state index in [0.717, 1.165) is 21.3 Å². The van der Waals surface area contributed by atoms with E-state index in [4.69, 9.17) is 15.3 Å². The van der Waals surface area contributed by atoms with Crippen LogP contribution in [0.3, 0.4) is 0 Å². The van der Waals surface area contributed by atoms with Crippen LogP contribution in [0.25, 0.3) is 10.8 Å². The molecule has 3 rings (SSSR count). The van der Waals surface area contributed by atoms with Crippen LogP contribution in [0.4, 0.5) is 0 Å². The number of fused-ring (bicyclic) bond motifs is 3. The molecule has 1 aliphatic rings. The Morgan fingerprint density at radius 3 is 2.05 bits per heavy atom. The molecule has 0 saturated heterocycles. The van der Waals surface area contributed by atoms with Crippen molar-refractivity contribution in [3.8, 4) is 0 Å². The van der Waals surface area contributed by atoms with Gasteiger partial charge < -0.3 is 15.3 Å². The number of hydrogen-bond acceptors (Lipinski definition) is 3. The second-order valence-corrected chi connectivity index (χ2v) is 3.94. The summed E-state index contributed by atoms with van der Waals surface area (Å²) in [5, 5.41) is 27.7. The zero-order valence-corrected chi connectivity index (χ0v) is 14.0. The second-order valence-electron chi connectivity index (χ2n) is 3.94. The van der Waals surface area contributed by atoms with Crippen LogP contribution >= 0.6 is 0 Å². The maximum Gasteiger partial charge on any atom is 4.00 e. The fraction of sp³-hybridized carbons (Fsp3) is 0.438. The molecule has 0 aliphatic heterocycles. The van der Waals surface area contributed by atoms with Gasteiger partial charge in [-0.2, -0.15) is 26.9 Å². The van der Waals surface area contributed by atoms with E-state index >= 15 is 0 Å². The Morgan fingerprint density at radius 2 is 1.40 bits per heavy atom. The van der Waals surface area contributed by atoms with Gasteiger partial charge in [0.1, 0.15) is 0 Å². The first-order valence-electron chi connectivity index (χ1n) is 6.34. The molecular formula is C16H22O3Ti. The Kier molecular flexibility index (Phi) is 14.6. The molecule has 2 aromatic rings. The van der Waals surface area contributed by atoms with Crippen LogP contribution in [0.15, 0.2) is 30.3 Å². The van der Waals surface area contributed by atoms with E-state index in [1.807, 2.05) is 0 Å². The van der Waals surface area contributed by atoms with Gasteiger partial charge in [-0.15, -0.1) is 40.6 Å². The van der Waals surface area contributed by atoms with E-state index < -0.39 is 0 Å². The van der Waals surface area contributed by atoms with Crippen molar-refractivity contribution in [3.05, 3.63) is 41.5 Å². The SMILES string of the molecule is C[O-].C[O-].C[O-].[Ti+4].c1ccc2c3c([cH-]c2c1)CCCC3. The molecule has 1 aliphatic carbocycles. The third-order valence-electron chi connectivity index (χ3n) is 3.13. The van der Waals surface area contributed by atoms with Crippen LogP contribution in [0.5, 0.6) is 0 Å². The average Bonchev–Trinajstić information content (AvgIpc) is 2.92. The first-order valence-corrected chi connectivity index (χ1v) is 6.34. The zero-order chi connectivity index (χ0) is 14.7. The van der Waals surface area contributed by atoms with Gasteiger partial charge in [-0.1, -0.05) is 25.3 Å². The molecule has 0 amide bonds. The van der Waals surface area contributed by atoms with E-state index in [9.17, 15) is 0 Å². The molecule has 0 bridgehead atoms. The van der Waals surface area contributed by atoms with Gasteiger partial charge in [0, 0.05) is 0 Å². The summed E-state index contributed by atoms with van der Waals surface area (Å²) in [6.45, 7) is 0. The third kappa shape index (κ3) is 5.43. The van der Waals surface area contributed by atoms with Gasteiger partial charge in [-0.3, -0.25) is 0 Å². The molecule has 0 radical (unpaired) electrons. The predicted molar refractivity (Wildman–Crippen MR) is 74.0 cm³/mol. The van der Waals surface area contributed by atoms with Crippen molar-refractivity contribution in [3.63, 3.8) is 0 Å². The standard InChI is InChI=1S/C13H13.3CH3O.Ti/c1-3-7-12-10(5-1)9-11-6-2-4-8-13(11)12;3*1-2;/h1,3,5,7,9H,2,4,6,8H2;3*1H3;/q4*-1;+4. The number of hydrogen-bond donors (Lipinski definition) is 0. The van der Waals surface area contributed by atoms with Gasteiger partial charge in [-0.25, -0.2) is 0 Å². The fourth-order valence-electron chi connectivity index (χ4n) is 2.48. The minimum Gasteiger partial charge on any atom is -0.857 e. The van der Waals surface area contributed by atoms with Crippen molar-refractivity contribution in [1.29, 1.82) is 0 Å². The molecule has 0 aromatic heterocycles. The molecule has 4 heteroatoms. The third-order valence-corrected chi connectivity index (χ3v) is 3.13. The van der Waals surface area contributed by atoms with Crippen molar-refractivity contribution in [2.24, 2.45) is 0 Å². The molecule has 0 heterocycles. The topological polar surface area (TPSA) is 69.2 Å². The second kappa shape index (κ2) is 13.4. The summed E-state index contributed by atoms with van der Waals surface area (Å²) in [7, 11) is 2.25. The molecule has 2 aromatic carbocycles. The molecule has 0 saturated carbocycles. The first kappa shape index (κ1) is 21.7. The van der Waals surface area contributed by atoms with E-state index in [0.29, 0.717) is 0 Å². The number of benzene rings is 1. The molecule has 20 heavy (non-hydrogen) atoms. The van der Waals surface area contributed by atoms with Crippen LogP contribution in [0.2, 0.25) is 0 Å². The normalized spacial score (nSPS) is 11.3. The first-order chi connectivity index (χ1) is 9.45. The quantitative estimate of drug-likeness (QED) is 0.521. The maximum absolute atomic E-state index is 8.25. The smallest absolute Gasteiger partial charge is 0.857 e. The van der Waals surface area contributed by atoms with Gasteiger partial charge in [0.05, 0.1) is 0 Å². The molecule has 0 unspecified atom stereocenters. The minimum absolute atomic E-state index is 0. The van der Waals surface area contributed by atoms with Crippen molar-refractivity contribution in [2.45, 2.75) is 25.7 Å². The molecular weight excluding hydrogens is 288 g/mol. The summed E-state index contributed by atoms with van der Waals surface area (Å²) < 4.78 is 0. The number of rotatable bonds is 0. The molecule has 3 nitrogen and oxygen atoms in total. The summed E-state index contributed by atoms with van der Waals surface area (Å²) in [6.07, 6.45) is 5.34. The Hall–Kier alpha value is -0.576. The van der Waals surface area contributed by atoms with Gasteiger partial charge in [-0.05, 0) is 6.42 Å². The Morgan fingerprint density at radius 1 is 0.850 bits per heavy atom. The van der Waals surface area contributed by atoms with E-state index in [-0.39, 0.29) is 21.7 Å². The largest absolute Gasteiger partial charge is 4.00 e. The molecule has 0 N–H and O–H groups in total. The average molecular weight is 310 g/mol. The minimum atomic E-state index is 0. The van der Waals surface area contributed by atoms with Crippen LogP contribution in [-0.2, 0) is 34.6 Å². The van der Waals surface area contributed by atoms with Gasteiger partial charge in [0.15, 0.2) is 0 Å². The summed E-state index contributed by atoms with van der Waals surface area (Å²) in [6, 6.07) is 11.2. The van der Waals surface area contributed by atoms with Crippen molar-refractivity contribution in [1.82, 2.24) is 0 Å². The summed E-state index contributed by atoms with van der Waals surface area (Å²) in [5.74, 6) is 0. The van der Waals surface area contributed by atoms with Crippen LogP contribution < -0.4 is 15.3 Å². The van der Waals surface area contributed by atoms with E-state index in [2.05, 4.69) is 30.3 Å². The predicted octanol–water partition coefficient (Wildman–Crippen LogP) is 0.365. The van der Waals surface area contributed by atoms with Crippen molar-refractivity contribution < 1.29 is 37.0 Å². The molecule has 0 fully saturated rings. The summed E-state index contributed by atoms with van der Waals surface area (Å²) in [5.41, 5.74) is 3.23. The van der Waals surface area contributed by atoms with Gasteiger partial charge in [0.2, 0.25) is 0 Å². The molecule has 0 atom stereocenters. The Labute approximate surface area is 136 Å². The zero-order valence-electron chi connectivity index (χ0n) is 12.4. The Balaban J connectivity index is 0. The molecule has 0 spiro atoms. The van der Waals surface area contributed by atoms with Crippen molar-refractivity contribution >= 4 is 10.8 Å².